The van der Waals surface area contributed by atoms with Gasteiger partial charge in [-0.05, 0) is 36.6 Å². The van der Waals surface area contributed by atoms with Crippen LogP contribution in [0.5, 0.6) is 0 Å². The number of hydrogen-bond acceptors (Lipinski definition) is 6. The molecule has 1 aromatic carbocycles. The van der Waals surface area contributed by atoms with E-state index in [1.807, 2.05) is 0 Å². The first-order valence-electron chi connectivity index (χ1n) is 8.10. The Morgan fingerprint density at radius 2 is 2.15 bits per heavy atom. The molecule has 0 radical (unpaired) electrons. The Bertz CT molecular complexity index is 1140. The number of carbonyl (C=O) groups excluding carboxylic acids is 1. The summed E-state index contributed by atoms with van der Waals surface area (Å²) in [6, 6.07) is 4.59. The van der Waals surface area contributed by atoms with Gasteiger partial charge < -0.3 is 11.1 Å². The van der Waals surface area contributed by atoms with Gasteiger partial charge in [-0.1, -0.05) is 6.07 Å². The zero-order valence-corrected chi connectivity index (χ0v) is 14.8. The number of aromatic nitrogens is 3. The first kappa shape index (κ1) is 16.7. The fourth-order valence-electron chi connectivity index (χ4n) is 3.35. The van der Waals surface area contributed by atoms with E-state index in [1.54, 1.807) is 37.5 Å². The van der Waals surface area contributed by atoms with Crippen LogP contribution in [0.25, 0.3) is 11.0 Å². The van der Waals surface area contributed by atoms with Crippen molar-refractivity contribution in [2.75, 3.05) is 11.1 Å². The molecule has 0 saturated carbocycles. The van der Waals surface area contributed by atoms with Crippen LogP contribution in [-0.2, 0) is 9.84 Å². The number of amides is 1. The van der Waals surface area contributed by atoms with Gasteiger partial charge in [0.15, 0.2) is 15.5 Å². The normalized spacial score (nSPS) is 18.5. The van der Waals surface area contributed by atoms with Gasteiger partial charge in [0.1, 0.15) is 0 Å². The summed E-state index contributed by atoms with van der Waals surface area (Å²) in [5.41, 5.74) is 8.45. The molecule has 2 aromatic heterocycles. The maximum absolute atomic E-state index is 12.8. The molecular formula is C17H17N5O3S. The molecule has 8 nitrogen and oxygen atoms in total. The number of nitrogens with two attached hydrogens (primary N) is 1. The number of aromatic amines is 1. The monoisotopic (exact) mass is 371 g/mol. The molecule has 9 heteroatoms. The summed E-state index contributed by atoms with van der Waals surface area (Å²) < 4.78 is 25.0. The summed E-state index contributed by atoms with van der Waals surface area (Å²) in [6.07, 6.45) is 3.51. The van der Waals surface area contributed by atoms with Crippen molar-refractivity contribution in [1.29, 1.82) is 0 Å². The molecule has 3 heterocycles. The van der Waals surface area contributed by atoms with Crippen LogP contribution in [0, 0.1) is 6.92 Å². The van der Waals surface area contributed by atoms with E-state index in [-0.39, 0.29) is 16.7 Å². The Labute approximate surface area is 149 Å². The number of hydrogen-bond donors (Lipinski definition) is 3. The highest BCUT2D eigenvalue weighted by atomic mass is 32.2. The van der Waals surface area contributed by atoms with Crippen molar-refractivity contribution >= 4 is 32.5 Å². The molecule has 0 bridgehead atoms. The van der Waals surface area contributed by atoms with E-state index in [0.717, 1.165) is 0 Å². The van der Waals surface area contributed by atoms with Crippen LogP contribution in [0.2, 0.25) is 0 Å². The summed E-state index contributed by atoms with van der Waals surface area (Å²) in [7, 11) is -3.45. The third-order valence-electron chi connectivity index (χ3n) is 4.69. The second-order valence-electron chi connectivity index (χ2n) is 6.32. The minimum absolute atomic E-state index is 0.00687. The molecule has 0 spiro atoms. The third kappa shape index (κ3) is 2.56. The quantitative estimate of drug-likeness (QED) is 0.628. The van der Waals surface area contributed by atoms with Crippen LogP contribution < -0.4 is 11.1 Å². The van der Waals surface area contributed by atoms with E-state index >= 15 is 0 Å². The van der Waals surface area contributed by atoms with Crippen LogP contribution in [-0.4, -0.2) is 35.3 Å². The molecule has 0 unspecified atom stereocenters. The van der Waals surface area contributed by atoms with Crippen molar-refractivity contribution < 1.29 is 13.2 Å². The van der Waals surface area contributed by atoms with Gasteiger partial charge in [-0.2, -0.15) is 5.10 Å². The highest BCUT2D eigenvalue weighted by Gasteiger charge is 2.32. The molecule has 3 aromatic rings. The largest absolute Gasteiger partial charge is 0.324 e. The Hall–Kier alpha value is -2.78. The Morgan fingerprint density at radius 1 is 1.35 bits per heavy atom. The average molecular weight is 371 g/mol. The molecule has 26 heavy (non-hydrogen) atoms. The van der Waals surface area contributed by atoms with Gasteiger partial charge in [0.25, 0.3) is 5.91 Å². The highest BCUT2D eigenvalue weighted by molar-refractivity contribution is 7.91. The summed E-state index contributed by atoms with van der Waals surface area (Å²) in [6.45, 7) is 1.64. The standard InChI is InChI=1S/C17H17N5O3S/c1-9-10(2-3-11-13(18)5-7-26(24,25)15(9)11)17(23)21-14-4-6-19-16-12(14)8-20-22-16/h2-4,6,8,13H,5,7,18H2,1H3,(H2,19,20,21,22,23)/t13-/m0/s1. The van der Waals surface area contributed by atoms with Gasteiger partial charge in [-0.3, -0.25) is 9.89 Å². The second kappa shape index (κ2) is 5.89. The van der Waals surface area contributed by atoms with Gasteiger partial charge in [0.05, 0.1) is 27.9 Å². The highest BCUT2D eigenvalue weighted by Crippen LogP contribution is 2.34. The molecule has 1 atom stereocenters. The predicted molar refractivity (Wildman–Crippen MR) is 96.6 cm³/mol. The number of carbonyl (C=O) groups is 1. The topological polar surface area (TPSA) is 131 Å². The van der Waals surface area contributed by atoms with Gasteiger partial charge in [0.2, 0.25) is 0 Å². The van der Waals surface area contributed by atoms with Gasteiger partial charge >= 0.3 is 0 Å². The lowest BCUT2D eigenvalue weighted by Gasteiger charge is -2.25. The van der Waals surface area contributed by atoms with Gasteiger partial charge in [0, 0.05) is 17.8 Å². The summed E-state index contributed by atoms with van der Waals surface area (Å²) in [5, 5.41) is 10.1. The predicted octanol–water partition coefficient (Wildman–Crippen LogP) is 1.70. The maximum atomic E-state index is 12.8. The van der Waals surface area contributed by atoms with Crippen LogP contribution in [0.3, 0.4) is 0 Å². The van der Waals surface area contributed by atoms with E-state index in [4.69, 9.17) is 5.73 Å². The number of sulfone groups is 1. The molecule has 4 N–H and O–H groups in total. The van der Waals surface area contributed by atoms with E-state index in [2.05, 4.69) is 20.5 Å². The molecule has 1 amide bonds. The molecular weight excluding hydrogens is 354 g/mol. The Morgan fingerprint density at radius 3 is 2.96 bits per heavy atom. The van der Waals surface area contributed by atoms with E-state index in [0.29, 0.717) is 39.8 Å². The number of pyridine rings is 1. The second-order valence-corrected chi connectivity index (χ2v) is 8.36. The minimum atomic E-state index is -3.45. The zero-order valence-electron chi connectivity index (χ0n) is 14.0. The summed E-state index contributed by atoms with van der Waals surface area (Å²) in [5.74, 6) is -0.402. The molecule has 1 aliphatic heterocycles. The lowest BCUT2D eigenvalue weighted by Crippen LogP contribution is -2.27. The maximum Gasteiger partial charge on any atom is 0.255 e. The molecule has 0 aliphatic carbocycles. The minimum Gasteiger partial charge on any atom is -0.324 e. The smallest absolute Gasteiger partial charge is 0.255 e. The number of rotatable bonds is 2. The van der Waals surface area contributed by atoms with Crippen molar-refractivity contribution in [3.63, 3.8) is 0 Å². The Balaban J connectivity index is 1.77. The Kier molecular flexibility index (Phi) is 3.78. The van der Waals surface area contributed by atoms with E-state index in [9.17, 15) is 13.2 Å². The zero-order chi connectivity index (χ0) is 18.5. The van der Waals surface area contributed by atoms with Crippen molar-refractivity contribution in [2.24, 2.45) is 5.73 Å². The van der Waals surface area contributed by atoms with Crippen LogP contribution >= 0.6 is 0 Å². The van der Waals surface area contributed by atoms with Gasteiger partial charge in [-0.15, -0.1) is 0 Å². The summed E-state index contributed by atoms with van der Waals surface area (Å²) in [4.78, 5) is 17.1. The van der Waals surface area contributed by atoms with E-state index in [1.165, 1.54) is 0 Å². The fourth-order valence-corrected chi connectivity index (χ4v) is 5.28. The van der Waals surface area contributed by atoms with Crippen molar-refractivity contribution in [2.45, 2.75) is 24.3 Å². The molecule has 4 rings (SSSR count). The van der Waals surface area contributed by atoms with E-state index < -0.39 is 15.7 Å². The first-order chi connectivity index (χ1) is 12.4. The molecule has 0 saturated heterocycles. The third-order valence-corrected chi connectivity index (χ3v) is 6.63. The first-order valence-corrected chi connectivity index (χ1v) is 9.75. The summed E-state index contributed by atoms with van der Waals surface area (Å²) >= 11 is 0. The van der Waals surface area contributed by atoms with Crippen molar-refractivity contribution in [3.05, 3.63) is 47.3 Å². The van der Waals surface area contributed by atoms with Crippen molar-refractivity contribution in [3.8, 4) is 0 Å². The fraction of sp³-hybridized carbons (Fsp3) is 0.235. The molecule has 1 aliphatic rings. The SMILES string of the molecule is Cc1c(C(=O)Nc2ccnc3[nH]ncc23)ccc2c1S(=O)(=O)CC[C@@H]2N. The number of benzene rings is 1. The lowest BCUT2D eigenvalue weighted by atomic mass is 9.98. The number of anilines is 1. The van der Waals surface area contributed by atoms with Crippen LogP contribution in [0.1, 0.15) is 33.9 Å². The van der Waals surface area contributed by atoms with Crippen LogP contribution in [0.4, 0.5) is 5.69 Å². The average Bonchev–Trinajstić information content (AvgIpc) is 3.08. The molecule has 134 valence electrons. The number of nitrogens with zero attached hydrogens (tertiary/aromatic N) is 2. The van der Waals surface area contributed by atoms with Crippen molar-refractivity contribution in [1.82, 2.24) is 15.2 Å². The number of nitrogens with one attached hydrogen (secondary N) is 2. The molecule has 0 fully saturated rings. The number of H-pyrrole nitrogens is 1. The van der Waals surface area contributed by atoms with Crippen LogP contribution in [0.15, 0.2) is 35.5 Å². The lowest BCUT2D eigenvalue weighted by molar-refractivity contribution is 0.102. The van der Waals surface area contributed by atoms with Gasteiger partial charge in [-0.25, -0.2) is 13.4 Å². The number of fused-ring (bicyclic) bond motifs is 2.